The molecule has 1 heterocycles. The van der Waals surface area contributed by atoms with Crippen molar-refractivity contribution in [3.63, 3.8) is 0 Å². The van der Waals surface area contributed by atoms with Gasteiger partial charge in [0.05, 0.1) is 0 Å². The third-order valence-electron chi connectivity index (χ3n) is 3.01. The summed E-state index contributed by atoms with van der Waals surface area (Å²) in [6.45, 7) is 1.58. The molecule has 0 fully saturated rings. The maximum absolute atomic E-state index is 11.1. The lowest BCUT2D eigenvalue weighted by atomic mass is 10.1. The first-order valence-corrected chi connectivity index (χ1v) is 6.72. The summed E-state index contributed by atoms with van der Waals surface area (Å²) in [5, 5.41) is 3.37. The fourth-order valence-electron chi connectivity index (χ4n) is 2.24. The second-order valence-corrected chi connectivity index (χ2v) is 5.18. The second-order valence-electron chi connectivity index (χ2n) is 4.26. The van der Waals surface area contributed by atoms with Crippen LogP contribution in [0.3, 0.4) is 0 Å². The standard InChI is InChI=1S/C16H12OS/c1-11(17)7-8-14-12-5-3-2-4-6-13(12)15-9-10-18-16(14)15/h2-10H,1H3/b8-7+. The van der Waals surface area contributed by atoms with E-state index in [0.29, 0.717) is 0 Å². The Balaban J connectivity index is 2.34. The number of ketones is 1. The molecule has 0 atom stereocenters. The van der Waals surface area contributed by atoms with E-state index in [2.05, 4.69) is 29.6 Å². The number of rotatable bonds is 2. The van der Waals surface area contributed by atoms with E-state index in [0.717, 1.165) is 5.56 Å². The molecule has 2 aliphatic rings. The predicted octanol–water partition coefficient (Wildman–Crippen LogP) is 4.61. The van der Waals surface area contributed by atoms with E-state index in [4.69, 9.17) is 0 Å². The van der Waals surface area contributed by atoms with Gasteiger partial charge in [-0.05, 0) is 41.6 Å². The highest BCUT2D eigenvalue weighted by Gasteiger charge is 2.15. The molecule has 18 heavy (non-hydrogen) atoms. The van der Waals surface area contributed by atoms with Crippen LogP contribution in [-0.2, 0) is 4.79 Å². The lowest BCUT2D eigenvalue weighted by molar-refractivity contribution is -0.112. The average Bonchev–Trinajstić information content (AvgIpc) is 2.81. The number of hydrogen-bond acceptors (Lipinski definition) is 2. The van der Waals surface area contributed by atoms with Gasteiger partial charge in [0.1, 0.15) is 0 Å². The summed E-state index contributed by atoms with van der Waals surface area (Å²) >= 11 is 1.73. The van der Waals surface area contributed by atoms with Crippen molar-refractivity contribution in [3.05, 3.63) is 53.4 Å². The minimum Gasteiger partial charge on any atom is -0.295 e. The molecule has 2 heteroatoms. The Morgan fingerprint density at radius 2 is 1.89 bits per heavy atom. The number of allylic oxidation sites excluding steroid dienone is 1. The normalized spacial score (nSPS) is 11.6. The molecule has 0 amide bonds. The summed E-state index contributed by atoms with van der Waals surface area (Å²) in [6, 6.07) is 12.5. The maximum Gasteiger partial charge on any atom is 0.152 e. The summed E-state index contributed by atoms with van der Waals surface area (Å²) in [5.74, 6) is 0.0781. The zero-order valence-corrected chi connectivity index (χ0v) is 10.8. The molecule has 1 nitrogen and oxygen atoms in total. The minimum atomic E-state index is 0.0781. The van der Waals surface area contributed by atoms with Gasteiger partial charge in [-0.3, -0.25) is 4.79 Å². The summed E-state index contributed by atoms with van der Waals surface area (Å²) in [5.41, 5.74) is 3.61. The Labute approximate surface area is 110 Å². The Kier molecular flexibility index (Phi) is 2.73. The van der Waals surface area contributed by atoms with Gasteiger partial charge in [0.2, 0.25) is 0 Å². The molecule has 0 aromatic carbocycles. The summed E-state index contributed by atoms with van der Waals surface area (Å²) in [6.07, 6.45) is 3.57. The van der Waals surface area contributed by atoms with Gasteiger partial charge in [-0.15, -0.1) is 11.3 Å². The predicted molar refractivity (Wildman–Crippen MR) is 78.2 cm³/mol. The van der Waals surface area contributed by atoms with Gasteiger partial charge in [-0.1, -0.05) is 30.3 Å². The van der Waals surface area contributed by atoms with Crippen LogP contribution in [0.15, 0.2) is 47.9 Å². The quantitative estimate of drug-likeness (QED) is 0.609. The third-order valence-corrected chi connectivity index (χ3v) is 3.96. The zero-order valence-electron chi connectivity index (χ0n) is 10.0. The van der Waals surface area contributed by atoms with Crippen molar-refractivity contribution in [3.8, 4) is 11.1 Å². The molecular weight excluding hydrogens is 240 g/mol. The Morgan fingerprint density at radius 1 is 1.11 bits per heavy atom. The van der Waals surface area contributed by atoms with E-state index >= 15 is 0 Å². The zero-order chi connectivity index (χ0) is 12.5. The SMILES string of the molecule is CC(=O)/C=C/c1c2cccccc-2c2ccsc12. The van der Waals surface area contributed by atoms with Crippen LogP contribution in [0.1, 0.15) is 12.5 Å². The van der Waals surface area contributed by atoms with Crippen molar-refractivity contribution in [2.24, 2.45) is 0 Å². The van der Waals surface area contributed by atoms with E-state index in [-0.39, 0.29) is 5.78 Å². The van der Waals surface area contributed by atoms with Gasteiger partial charge in [0.25, 0.3) is 0 Å². The van der Waals surface area contributed by atoms with Crippen molar-refractivity contribution in [2.75, 3.05) is 0 Å². The molecule has 88 valence electrons. The van der Waals surface area contributed by atoms with Crippen LogP contribution >= 0.6 is 11.3 Å². The first kappa shape index (κ1) is 11.2. The molecule has 0 saturated heterocycles. The Hall–Kier alpha value is -1.93. The van der Waals surface area contributed by atoms with Crippen LogP contribution < -0.4 is 0 Å². The van der Waals surface area contributed by atoms with Crippen molar-refractivity contribution in [1.29, 1.82) is 0 Å². The molecule has 2 aliphatic carbocycles. The van der Waals surface area contributed by atoms with Gasteiger partial charge in [-0.2, -0.15) is 0 Å². The molecular formula is C16H12OS. The van der Waals surface area contributed by atoms with Crippen LogP contribution in [0.2, 0.25) is 0 Å². The van der Waals surface area contributed by atoms with Crippen LogP contribution in [-0.4, -0.2) is 5.78 Å². The summed E-state index contributed by atoms with van der Waals surface area (Å²) in [4.78, 5) is 11.1. The molecule has 0 saturated carbocycles. The largest absolute Gasteiger partial charge is 0.295 e. The van der Waals surface area contributed by atoms with Crippen molar-refractivity contribution in [2.45, 2.75) is 6.92 Å². The van der Waals surface area contributed by atoms with Gasteiger partial charge < -0.3 is 0 Å². The third kappa shape index (κ3) is 1.75. The second kappa shape index (κ2) is 4.39. The van der Waals surface area contributed by atoms with Crippen LogP contribution in [0, 0.1) is 0 Å². The number of carbonyl (C=O) groups excluding carboxylic acids is 1. The molecule has 0 unspecified atom stereocenters. The van der Waals surface area contributed by atoms with Crippen molar-refractivity contribution in [1.82, 2.24) is 0 Å². The highest BCUT2D eigenvalue weighted by molar-refractivity contribution is 7.17. The first-order valence-electron chi connectivity index (χ1n) is 5.84. The van der Waals surface area contributed by atoms with E-state index in [9.17, 15) is 4.79 Å². The lowest BCUT2D eigenvalue weighted by Gasteiger charge is -1.95. The average molecular weight is 252 g/mol. The topological polar surface area (TPSA) is 17.1 Å². The highest BCUT2D eigenvalue weighted by atomic mass is 32.1. The fraction of sp³-hybridized carbons (Fsp3) is 0.0625. The molecule has 0 aliphatic heterocycles. The molecule has 0 bridgehead atoms. The fourth-order valence-corrected chi connectivity index (χ4v) is 3.19. The molecule has 1 aromatic rings. The first-order chi connectivity index (χ1) is 8.77. The van der Waals surface area contributed by atoms with Crippen LogP contribution in [0.4, 0.5) is 0 Å². The number of fused-ring (bicyclic) bond motifs is 3. The Morgan fingerprint density at radius 3 is 2.67 bits per heavy atom. The van der Waals surface area contributed by atoms with E-state index < -0.39 is 0 Å². The van der Waals surface area contributed by atoms with E-state index in [1.165, 1.54) is 21.2 Å². The van der Waals surface area contributed by atoms with Crippen molar-refractivity contribution < 1.29 is 4.79 Å². The molecule has 0 spiro atoms. The Bertz CT molecular complexity index is 721. The summed E-state index contributed by atoms with van der Waals surface area (Å²) < 4.78 is 1.26. The molecule has 0 N–H and O–H groups in total. The maximum atomic E-state index is 11.1. The molecule has 0 radical (unpaired) electrons. The number of carbonyl (C=O) groups is 1. The summed E-state index contributed by atoms with van der Waals surface area (Å²) in [7, 11) is 0. The van der Waals surface area contributed by atoms with E-state index in [1.807, 2.05) is 18.2 Å². The number of thiophene rings is 1. The number of hydrogen-bond donors (Lipinski definition) is 0. The van der Waals surface area contributed by atoms with Crippen molar-refractivity contribution >= 4 is 33.3 Å². The minimum absolute atomic E-state index is 0.0781. The van der Waals surface area contributed by atoms with Gasteiger partial charge >= 0.3 is 0 Å². The van der Waals surface area contributed by atoms with Crippen LogP contribution in [0.25, 0.3) is 27.3 Å². The van der Waals surface area contributed by atoms with Gasteiger partial charge in [0.15, 0.2) is 5.78 Å². The molecule has 1 aromatic heterocycles. The highest BCUT2D eigenvalue weighted by Crippen LogP contribution is 2.41. The smallest absolute Gasteiger partial charge is 0.152 e. The van der Waals surface area contributed by atoms with Crippen LogP contribution in [0.5, 0.6) is 0 Å². The van der Waals surface area contributed by atoms with Gasteiger partial charge in [0, 0.05) is 15.6 Å². The monoisotopic (exact) mass is 252 g/mol. The van der Waals surface area contributed by atoms with Gasteiger partial charge in [-0.25, -0.2) is 0 Å². The molecule has 3 rings (SSSR count). The lowest BCUT2D eigenvalue weighted by Crippen LogP contribution is -1.79. The van der Waals surface area contributed by atoms with E-state index in [1.54, 1.807) is 24.3 Å².